The summed E-state index contributed by atoms with van der Waals surface area (Å²) in [4.78, 5) is 39.2. The van der Waals surface area contributed by atoms with Crippen LogP contribution in [0.15, 0.2) is 48.5 Å². The molecule has 0 atom stereocenters. The van der Waals surface area contributed by atoms with E-state index in [1.54, 1.807) is 43.3 Å². The summed E-state index contributed by atoms with van der Waals surface area (Å²) in [5, 5.41) is 0. The monoisotopic (exact) mass is 413 g/mol. The normalized spacial score (nSPS) is 10.4. The zero-order valence-corrected chi connectivity index (χ0v) is 17.6. The van der Waals surface area contributed by atoms with E-state index in [0.29, 0.717) is 12.4 Å². The molecule has 2 aromatic carbocycles. The average Bonchev–Trinajstić information content (AvgIpc) is 2.76. The molecule has 0 radical (unpaired) electrons. The number of likely N-dealkylation sites (N-methyl/N-ethyl adjacent to an activating group) is 1. The SMILES string of the molecule is CCCCOCC(=O)N(C)c1c(C(=O)OCC)cccc1C(=O)Oc1ccccc1. The molecule has 7 nitrogen and oxygen atoms in total. The highest BCUT2D eigenvalue weighted by atomic mass is 16.5. The summed E-state index contributed by atoms with van der Waals surface area (Å²) >= 11 is 0. The largest absolute Gasteiger partial charge is 0.462 e. The third-order valence-corrected chi connectivity index (χ3v) is 4.28. The van der Waals surface area contributed by atoms with Gasteiger partial charge in [0.25, 0.3) is 5.91 Å². The van der Waals surface area contributed by atoms with Gasteiger partial charge >= 0.3 is 11.9 Å². The first-order chi connectivity index (χ1) is 14.5. The minimum Gasteiger partial charge on any atom is -0.462 e. The summed E-state index contributed by atoms with van der Waals surface area (Å²) < 4.78 is 15.9. The Morgan fingerprint density at radius 1 is 0.900 bits per heavy atom. The van der Waals surface area contributed by atoms with E-state index in [1.165, 1.54) is 24.1 Å². The zero-order valence-electron chi connectivity index (χ0n) is 17.6. The molecule has 0 aliphatic carbocycles. The molecule has 0 saturated heterocycles. The number of anilines is 1. The van der Waals surface area contributed by atoms with Crippen LogP contribution in [0.2, 0.25) is 0 Å². The molecule has 160 valence electrons. The molecule has 2 aromatic rings. The molecule has 0 N–H and O–H groups in total. The van der Waals surface area contributed by atoms with Gasteiger partial charge in [-0.25, -0.2) is 9.59 Å². The molecule has 0 aliphatic heterocycles. The number of esters is 2. The van der Waals surface area contributed by atoms with Crippen LogP contribution >= 0.6 is 0 Å². The van der Waals surface area contributed by atoms with Gasteiger partial charge in [0.1, 0.15) is 12.4 Å². The molecular formula is C23H27NO6. The van der Waals surface area contributed by atoms with Gasteiger partial charge in [0, 0.05) is 13.7 Å². The van der Waals surface area contributed by atoms with Crippen molar-refractivity contribution in [2.75, 3.05) is 31.8 Å². The van der Waals surface area contributed by atoms with Crippen LogP contribution in [0.5, 0.6) is 5.75 Å². The molecule has 0 bridgehead atoms. The number of carbonyl (C=O) groups excluding carboxylic acids is 3. The molecule has 0 aliphatic rings. The molecule has 7 heteroatoms. The van der Waals surface area contributed by atoms with E-state index in [-0.39, 0.29) is 30.0 Å². The first kappa shape index (κ1) is 23.1. The summed E-state index contributed by atoms with van der Waals surface area (Å²) in [5.74, 6) is -1.36. The van der Waals surface area contributed by atoms with Crippen LogP contribution in [0.4, 0.5) is 5.69 Å². The second-order valence-corrected chi connectivity index (χ2v) is 6.48. The van der Waals surface area contributed by atoms with Crippen molar-refractivity contribution in [3.8, 4) is 5.75 Å². The lowest BCUT2D eigenvalue weighted by molar-refractivity contribution is -0.122. The fourth-order valence-corrected chi connectivity index (χ4v) is 2.72. The summed E-state index contributed by atoms with van der Waals surface area (Å²) in [5.41, 5.74) is 0.304. The summed E-state index contributed by atoms with van der Waals surface area (Å²) in [6.07, 6.45) is 1.79. The van der Waals surface area contributed by atoms with E-state index in [4.69, 9.17) is 14.2 Å². The Kier molecular flexibility index (Phi) is 9.03. The number of unbranched alkanes of at least 4 members (excludes halogenated alkanes) is 1. The summed E-state index contributed by atoms with van der Waals surface area (Å²) in [6.45, 7) is 4.16. The van der Waals surface area contributed by atoms with Gasteiger partial charge in [-0.05, 0) is 37.6 Å². The van der Waals surface area contributed by atoms with Crippen molar-refractivity contribution in [3.63, 3.8) is 0 Å². The Hall–Kier alpha value is -3.19. The van der Waals surface area contributed by atoms with Crippen molar-refractivity contribution in [1.82, 2.24) is 0 Å². The highest BCUT2D eigenvalue weighted by molar-refractivity contribution is 6.10. The maximum atomic E-state index is 12.9. The van der Waals surface area contributed by atoms with Crippen molar-refractivity contribution in [2.24, 2.45) is 0 Å². The second-order valence-electron chi connectivity index (χ2n) is 6.48. The van der Waals surface area contributed by atoms with Gasteiger partial charge in [-0.15, -0.1) is 0 Å². The molecule has 0 unspecified atom stereocenters. The topological polar surface area (TPSA) is 82.1 Å². The molecule has 30 heavy (non-hydrogen) atoms. The zero-order chi connectivity index (χ0) is 21.9. The predicted molar refractivity (Wildman–Crippen MR) is 113 cm³/mol. The minimum atomic E-state index is -0.686. The summed E-state index contributed by atoms with van der Waals surface area (Å²) in [6, 6.07) is 13.1. The number of benzene rings is 2. The van der Waals surface area contributed by atoms with Crippen LogP contribution in [0.3, 0.4) is 0 Å². The number of carbonyl (C=O) groups is 3. The molecule has 0 heterocycles. The highest BCUT2D eigenvalue weighted by Crippen LogP contribution is 2.27. The Bertz CT molecular complexity index is 865. The van der Waals surface area contributed by atoms with Gasteiger partial charge in [-0.1, -0.05) is 37.6 Å². The average molecular weight is 413 g/mol. The Labute approximate surface area is 176 Å². The third kappa shape index (κ3) is 6.15. The lowest BCUT2D eigenvalue weighted by Crippen LogP contribution is -2.33. The van der Waals surface area contributed by atoms with Crippen LogP contribution < -0.4 is 9.64 Å². The van der Waals surface area contributed by atoms with Gasteiger partial charge in [-0.2, -0.15) is 0 Å². The van der Waals surface area contributed by atoms with Crippen molar-refractivity contribution in [1.29, 1.82) is 0 Å². The Morgan fingerprint density at radius 2 is 1.57 bits per heavy atom. The number of para-hydroxylation sites is 2. The van der Waals surface area contributed by atoms with Crippen molar-refractivity contribution < 1.29 is 28.6 Å². The molecule has 0 fully saturated rings. The lowest BCUT2D eigenvalue weighted by Gasteiger charge is -2.22. The third-order valence-electron chi connectivity index (χ3n) is 4.28. The molecule has 2 rings (SSSR count). The Balaban J connectivity index is 2.36. The van der Waals surface area contributed by atoms with Gasteiger partial charge in [0.2, 0.25) is 0 Å². The number of nitrogens with zero attached hydrogens (tertiary/aromatic N) is 1. The number of ether oxygens (including phenoxy) is 3. The van der Waals surface area contributed by atoms with Crippen molar-refractivity contribution in [3.05, 3.63) is 59.7 Å². The molecular weight excluding hydrogens is 386 g/mol. The highest BCUT2D eigenvalue weighted by Gasteiger charge is 2.27. The van der Waals surface area contributed by atoms with Crippen LogP contribution in [-0.2, 0) is 14.3 Å². The first-order valence-corrected chi connectivity index (χ1v) is 9.91. The van der Waals surface area contributed by atoms with Crippen molar-refractivity contribution in [2.45, 2.75) is 26.7 Å². The Morgan fingerprint density at radius 3 is 2.20 bits per heavy atom. The van der Waals surface area contributed by atoms with E-state index in [2.05, 4.69) is 0 Å². The van der Waals surface area contributed by atoms with Crippen molar-refractivity contribution >= 4 is 23.5 Å². The number of hydrogen-bond donors (Lipinski definition) is 0. The van der Waals surface area contributed by atoms with E-state index >= 15 is 0 Å². The molecule has 0 saturated carbocycles. The predicted octanol–water partition coefficient (Wildman–Crippen LogP) is 3.86. The van der Waals surface area contributed by atoms with E-state index < -0.39 is 17.8 Å². The summed E-state index contributed by atoms with van der Waals surface area (Å²) in [7, 11) is 1.49. The second kappa shape index (κ2) is 11.7. The van der Waals surface area contributed by atoms with Crippen LogP contribution in [0, 0.1) is 0 Å². The van der Waals surface area contributed by atoms with Gasteiger partial charge in [0.15, 0.2) is 0 Å². The van der Waals surface area contributed by atoms with Crippen LogP contribution in [-0.4, -0.2) is 44.7 Å². The maximum Gasteiger partial charge on any atom is 0.345 e. The number of rotatable bonds is 10. The number of amides is 1. The number of hydrogen-bond acceptors (Lipinski definition) is 6. The molecule has 0 aromatic heterocycles. The van der Waals surface area contributed by atoms with Crippen LogP contribution in [0.25, 0.3) is 0 Å². The fraction of sp³-hybridized carbons (Fsp3) is 0.348. The fourth-order valence-electron chi connectivity index (χ4n) is 2.72. The standard InChI is InChI=1S/C23H27NO6/c1-4-6-15-28-16-20(25)24(3)21-18(22(26)29-5-2)13-10-14-19(21)23(27)30-17-11-8-7-9-12-17/h7-14H,4-6,15-16H2,1-3H3. The minimum absolute atomic E-state index is 0.0776. The van der Waals surface area contributed by atoms with Crippen LogP contribution in [0.1, 0.15) is 47.4 Å². The van der Waals surface area contributed by atoms with Gasteiger partial charge < -0.3 is 19.1 Å². The maximum absolute atomic E-state index is 12.9. The molecule has 1 amide bonds. The van der Waals surface area contributed by atoms with E-state index in [9.17, 15) is 14.4 Å². The molecule has 0 spiro atoms. The smallest absolute Gasteiger partial charge is 0.345 e. The van der Waals surface area contributed by atoms with E-state index in [1.807, 2.05) is 6.92 Å². The van der Waals surface area contributed by atoms with Gasteiger partial charge in [-0.3, -0.25) is 4.79 Å². The quantitative estimate of drug-likeness (QED) is 0.334. The van der Waals surface area contributed by atoms with Gasteiger partial charge in [0.05, 0.1) is 23.4 Å². The van der Waals surface area contributed by atoms with E-state index in [0.717, 1.165) is 12.8 Å². The lowest BCUT2D eigenvalue weighted by atomic mass is 10.1. The first-order valence-electron chi connectivity index (χ1n) is 9.91.